The van der Waals surface area contributed by atoms with Gasteiger partial charge < -0.3 is 9.88 Å². The third kappa shape index (κ3) is 3.56. The van der Waals surface area contributed by atoms with Gasteiger partial charge in [0.05, 0.1) is 18.3 Å². The second-order valence-corrected chi connectivity index (χ2v) is 7.75. The predicted molar refractivity (Wildman–Crippen MR) is 114 cm³/mol. The van der Waals surface area contributed by atoms with E-state index in [2.05, 4.69) is 40.5 Å². The van der Waals surface area contributed by atoms with Gasteiger partial charge in [-0.15, -0.1) is 0 Å². The van der Waals surface area contributed by atoms with Crippen molar-refractivity contribution in [2.75, 3.05) is 13.1 Å². The van der Waals surface area contributed by atoms with Crippen molar-refractivity contribution < 1.29 is 4.79 Å². The Morgan fingerprint density at radius 3 is 2.62 bits per heavy atom. The monoisotopic (exact) mass is 384 g/mol. The molecule has 0 aliphatic carbocycles. The van der Waals surface area contributed by atoms with Gasteiger partial charge in [-0.05, 0) is 48.1 Å². The molecule has 0 spiro atoms. The fourth-order valence-electron chi connectivity index (χ4n) is 4.33. The molecule has 2 aromatic heterocycles. The maximum absolute atomic E-state index is 12.8. The fourth-order valence-corrected chi connectivity index (χ4v) is 4.33. The minimum absolute atomic E-state index is 0.190. The Morgan fingerprint density at radius 2 is 1.79 bits per heavy atom. The van der Waals surface area contributed by atoms with Crippen LogP contribution < -0.4 is 0 Å². The molecule has 1 saturated heterocycles. The standard InChI is InChI=1S/C24H24N4O/c29-24(14-18-15-26-28(17-18)20-6-2-1-3-7-20)27-12-10-19(11-13-27)22-16-25-23-9-5-4-8-21(22)23/h1-9,15-17,19,25H,10-14H2. The first-order chi connectivity index (χ1) is 14.3. The summed E-state index contributed by atoms with van der Waals surface area (Å²) in [5.41, 5.74) is 4.54. The van der Waals surface area contributed by atoms with Crippen molar-refractivity contribution in [1.29, 1.82) is 0 Å². The normalized spacial score (nSPS) is 15.1. The first kappa shape index (κ1) is 17.7. The molecular formula is C24H24N4O. The number of hydrogen-bond acceptors (Lipinski definition) is 2. The Morgan fingerprint density at radius 1 is 1.03 bits per heavy atom. The summed E-state index contributed by atoms with van der Waals surface area (Å²) in [6, 6.07) is 18.4. The molecule has 0 atom stereocenters. The summed E-state index contributed by atoms with van der Waals surface area (Å²) < 4.78 is 1.83. The highest BCUT2D eigenvalue weighted by atomic mass is 16.2. The molecule has 5 rings (SSSR count). The van der Waals surface area contributed by atoms with E-state index in [0.29, 0.717) is 12.3 Å². The third-order valence-electron chi connectivity index (χ3n) is 5.92. The molecule has 0 saturated carbocycles. The van der Waals surface area contributed by atoms with E-state index in [9.17, 15) is 4.79 Å². The highest BCUT2D eigenvalue weighted by molar-refractivity contribution is 5.83. The highest BCUT2D eigenvalue weighted by Crippen LogP contribution is 2.33. The number of nitrogens with one attached hydrogen (secondary N) is 1. The van der Waals surface area contributed by atoms with Crippen LogP contribution in [0.3, 0.4) is 0 Å². The van der Waals surface area contributed by atoms with Crippen molar-refractivity contribution >= 4 is 16.8 Å². The summed E-state index contributed by atoms with van der Waals surface area (Å²) in [6.07, 6.45) is 8.32. The van der Waals surface area contributed by atoms with Crippen molar-refractivity contribution in [2.24, 2.45) is 0 Å². The number of fused-ring (bicyclic) bond motifs is 1. The van der Waals surface area contributed by atoms with Crippen LogP contribution in [0.25, 0.3) is 16.6 Å². The number of nitrogens with zero attached hydrogens (tertiary/aromatic N) is 3. The lowest BCUT2D eigenvalue weighted by molar-refractivity contribution is -0.131. The molecule has 0 unspecified atom stereocenters. The Labute approximate surface area is 170 Å². The lowest BCUT2D eigenvalue weighted by Crippen LogP contribution is -2.38. The number of rotatable bonds is 4. The van der Waals surface area contributed by atoms with E-state index in [1.165, 1.54) is 16.5 Å². The molecule has 29 heavy (non-hydrogen) atoms. The minimum Gasteiger partial charge on any atom is -0.361 e. The number of amides is 1. The molecule has 1 aliphatic heterocycles. The van der Waals surface area contributed by atoms with Gasteiger partial charge in [0.2, 0.25) is 5.91 Å². The van der Waals surface area contributed by atoms with E-state index in [-0.39, 0.29) is 5.91 Å². The largest absolute Gasteiger partial charge is 0.361 e. The summed E-state index contributed by atoms with van der Waals surface area (Å²) >= 11 is 0. The summed E-state index contributed by atoms with van der Waals surface area (Å²) in [7, 11) is 0. The van der Waals surface area contributed by atoms with Gasteiger partial charge in [-0.1, -0.05) is 36.4 Å². The first-order valence-electron chi connectivity index (χ1n) is 10.2. The average molecular weight is 384 g/mol. The fraction of sp³-hybridized carbons (Fsp3) is 0.250. The highest BCUT2D eigenvalue weighted by Gasteiger charge is 2.25. The Balaban J connectivity index is 1.21. The van der Waals surface area contributed by atoms with Crippen LogP contribution in [0, 0.1) is 0 Å². The Hall–Kier alpha value is -3.34. The van der Waals surface area contributed by atoms with E-state index < -0.39 is 0 Å². The number of piperidine rings is 1. The van der Waals surface area contributed by atoms with E-state index in [1.54, 1.807) is 6.20 Å². The van der Waals surface area contributed by atoms with E-state index in [4.69, 9.17) is 0 Å². The maximum Gasteiger partial charge on any atom is 0.227 e. The van der Waals surface area contributed by atoms with Crippen molar-refractivity contribution in [2.45, 2.75) is 25.2 Å². The van der Waals surface area contributed by atoms with Crippen LogP contribution in [0.5, 0.6) is 0 Å². The molecule has 1 N–H and O–H groups in total. The molecule has 4 aromatic rings. The number of para-hydroxylation sites is 2. The van der Waals surface area contributed by atoms with Crippen LogP contribution >= 0.6 is 0 Å². The van der Waals surface area contributed by atoms with Gasteiger partial charge >= 0.3 is 0 Å². The molecule has 1 aliphatic rings. The van der Waals surface area contributed by atoms with Gasteiger partial charge in [0.1, 0.15) is 0 Å². The number of aromatic amines is 1. The molecule has 5 heteroatoms. The van der Waals surface area contributed by atoms with Crippen LogP contribution in [0.1, 0.15) is 29.9 Å². The summed E-state index contributed by atoms with van der Waals surface area (Å²) in [5.74, 6) is 0.700. The van der Waals surface area contributed by atoms with Crippen LogP contribution in [-0.2, 0) is 11.2 Å². The van der Waals surface area contributed by atoms with Crippen LogP contribution in [0.2, 0.25) is 0 Å². The topological polar surface area (TPSA) is 53.9 Å². The van der Waals surface area contributed by atoms with Crippen molar-refractivity contribution in [1.82, 2.24) is 19.7 Å². The number of benzene rings is 2. The van der Waals surface area contributed by atoms with Gasteiger partial charge in [-0.25, -0.2) is 4.68 Å². The second-order valence-electron chi connectivity index (χ2n) is 7.75. The Bertz CT molecular complexity index is 1120. The lowest BCUT2D eigenvalue weighted by atomic mass is 9.89. The zero-order valence-corrected chi connectivity index (χ0v) is 16.3. The van der Waals surface area contributed by atoms with Crippen molar-refractivity contribution in [3.05, 3.63) is 84.3 Å². The maximum atomic E-state index is 12.8. The van der Waals surface area contributed by atoms with Crippen LogP contribution in [0.15, 0.2) is 73.2 Å². The van der Waals surface area contributed by atoms with Gasteiger partial charge in [0, 0.05) is 36.4 Å². The quantitative estimate of drug-likeness (QED) is 0.570. The zero-order valence-electron chi connectivity index (χ0n) is 16.3. The molecule has 0 bridgehead atoms. The van der Waals surface area contributed by atoms with Crippen molar-refractivity contribution in [3.8, 4) is 5.69 Å². The van der Waals surface area contributed by atoms with Crippen LogP contribution in [0.4, 0.5) is 0 Å². The zero-order chi connectivity index (χ0) is 19.6. The molecule has 3 heterocycles. The minimum atomic E-state index is 0.190. The molecule has 1 fully saturated rings. The van der Waals surface area contributed by atoms with Crippen LogP contribution in [-0.4, -0.2) is 38.7 Å². The van der Waals surface area contributed by atoms with Gasteiger partial charge in [-0.2, -0.15) is 5.10 Å². The second kappa shape index (κ2) is 7.59. The summed E-state index contributed by atoms with van der Waals surface area (Å²) in [4.78, 5) is 18.2. The molecule has 0 radical (unpaired) electrons. The van der Waals surface area contributed by atoms with Crippen molar-refractivity contribution in [3.63, 3.8) is 0 Å². The number of H-pyrrole nitrogens is 1. The molecule has 2 aromatic carbocycles. The number of likely N-dealkylation sites (tertiary alicyclic amines) is 1. The molecule has 146 valence electrons. The first-order valence-corrected chi connectivity index (χ1v) is 10.2. The summed E-state index contributed by atoms with van der Waals surface area (Å²) in [5, 5.41) is 5.71. The number of carbonyl (C=O) groups is 1. The number of hydrogen-bond donors (Lipinski definition) is 1. The predicted octanol–water partition coefficient (Wildman–Crippen LogP) is 4.30. The van der Waals surface area contributed by atoms with Gasteiger partial charge in [-0.3, -0.25) is 4.79 Å². The number of aromatic nitrogens is 3. The Kier molecular flexibility index (Phi) is 4.64. The third-order valence-corrected chi connectivity index (χ3v) is 5.92. The van der Waals surface area contributed by atoms with Gasteiger partial charge in [0.15, 0.2) is 0 Å². The average Bonchev–Trinajstić information content (AvgIpc) is 3.42. The lowest BCUT2D eigenvalue weighted by Gasteiger charge is -2.32. The molecule has 1 amide bonds. The van der Waals surface area contributed by atoms with E-state index in [0.717, 1.165) is 37.2 Å². The SMILES string of the molecule is O=C(Cc1cnn(-c2ccccc2)c1)N1CCC(c2c[nH]c3ccccc23)CC1. The van der Waals surface area contributed by atoms with E-state index >= 15 is 0 Å². The summed E-state index contributed by atoms with van der Waals surface area (Å²) in [6.45, 7) is 1.63. The molecule has 5 nitrogen and oxygen atoms in total. The number of carbonyl (C=O) groups excluding carboxylic acids is 1. The smallest absolute Gasteiger partial charge is 0.227 e. The molecular weight excluding hydrogens is 360 g/mol. The van der Waals surface area contributed by atoms with E-state index in [1.807, 2.05) is 46.1 Å². The van der Waals surface area contributed by atoms with Gasteiger partial charge in [0.25, 0.3) is 0 Å².